The average Bonchev–Trinajstić information content (AvgIpc) is 2.78. The molecule has 1 aromatic carbocycles. The summed E-state index contributed by atoms with van der Waals surface area (Å²) >= 11 is 6.39. The van der Waals surface area contributed by atoms with Crippen molar-refractivity contribution in [2.45, 2.75) is 31.7 Å². The third kappa shape index (κ3) is 2.95. The van der Waals surface area contributed by atoms with Gasteiger partial charge < -0.3 is 10.6 Å². The Labute approximate surface area is 126 Å². The van der Waals surface area contributed by atoms with Crippen molar-refractivity contribution in [1.29, 1.82) is 0 Å². The Morgan fingerprint density at radius 3 is 2.85 bits per heavy atom. The second kappa shape index (κ2) is 6.33. The lowest BCUT2D eigenvalue weighted by Gasteiger charge is -2.27. The number of benzene rings is 1. The van der Waals surface area contributed by atoms with Gasteiger partial charge >= 0.3 is 0 Å². The van der Waals surface area contributed by atoms with E-state index in [2.05, 4.69) is 28.0 Å². The molecule has 1 unspecified atom stereocenters. The van der Waals surface area contributed by atoms with Crippen LogP contribution in [-0.2, 0) is 6.42 Å². The number of nitrogens with zero attached hydrogens (tertiary/aromatic N) is 2. The van der Waals surface area contributed by atoms with Crippen LogP contribution in [0.25, 0.3) is 0 Å². The Bertz CT molecular complexity index is 463. The van der Waals surface area contributed by atoms with Gasteiger partial charge in [0, 0.05) is 36.4 Å². The minimum absolute atomic E-state index is 0.653. The van der Waals surface area contributed by atoms with Gasteiger partial charge in [-0.05, 0) is 56.5 Å². The molecule has 0 bridgehead atoms. The minimum atomic E-state index is 0.653. The van der Waals surface area contributed by atoms with Crippen LogP contribution < -0.4 is 10.6 Å². The molecule has 2 aliphatic rings. The van der Waals surface area contributed by atoms with E-state index in [1.807, 2.05) is 0 Å². The van der Waals surface area contributed by atoms with Crippen molar-refractivity contribution in [3.05, 3.63) is 28.8 Å². The van der Waals surface area contributed by atoms with Gasteiger partial charge in [-0.3, -0.25) is 4.90 Å². The topological polar surface area (TPSA) is 32.5 Å². The molecule has 3 rings (SSSR count). The maximum atomic E-state index is 6.39. The fourth-order valence-corrected chi connectivity index (χ4v) is 3.80. The Morgan fingerprint density at radius 2 is 2.05 bits per heavy atom. The number of hydrogen-bond acceptors (Lipinski definition) is 3. The van der Waals surface area contributed by atoms with Gasteiger partial charge in [0.05, 0.1) is 0 Å². The highest BCUT2D eigenvalue weighted by Gasteiger charge is 2.28. The molecule has 0 saturated carbocycles. The summed E-state index contributed by atoms with van der Waals surface area (Å²) in [6, 6.07) is 7.21. The average molecular weight is 294 g/mol. The van der Waals surface area contributed by atoms with Crippen LogP contribution in [0.5, 0.6) is 0 Å². The zero-order valence-electron chi connectivity index (χ0n) is 12.0. The monoisotopic (exact) mass is 293 g/mol. The molecule has 2 heterocycles. The quantitative estimate of drug-likeness (QED) is 0.929. The molecule has 110 valence electrons. The molecule has 2 N–H and O–H groups in total. The first kappa shape index (κ1) is 14.2. The zero-order chi connectivity index (χ0) is 13.9. The molecule has 1 atom stereocenters. The minimum Gasteiger partial charge on any atom is -0.370 e. The molecule has 3 nitrogen and oxygen atoms in total. The molecule has 20 heavy (non-hydrogen) atoms. The molecule has 0 radical (unpaired) electrons. The molecule has 4 heteroatoms. The summed E-state index contributed by atoms with van der Waals surface area (Å²) in [5.41, 5.74) is 8.05. The molecule has 2 fully saturated rings. The van der Waals surface area contributed by atoms with Crippen molar-refractivity contribution in [2.75, 3.05) is 37.6 Å². The third-order valence-electron chi connectivity index (χ3n) is 4.62. The van der Waals surface area contributed by atoms with Gasteiger partial charge in [-0.1, -0.05) is 17.7 Å². The van der Waals surface area contributed by atoms with Gasteiger partial charge in [0.15, 0.2) is 0 Å². The second-order valence-corrected chi connectivity index (χ2v) is 6.35. The van der Waals surface area contributed by atoms with Crippen molar-refractivity contribution < 1.29 is 0 Å². The van der Waals surface area contributed by atoms with Crippen LogP contribution in [0, 0.1) is 0 Å². The summed E-state index contributed by atoms with van der Waals surface area (Å²) in [5.74, 6) is 0. The van der Waals surface area contributed by atoms with Crippen LogP contribution >= 0.6 is 11.6 Å². The number of anilines is 1. The lowest BCUT2D eigenvalue weighted by molar-refractivity contribution is 0.273. The van der Waals surface area contributed by atoms with E-state index >= 15 is 0 Å². The van der Waals surface area contributed by atoms with Crippen LogP contribution in [0.4, 0.5) is 5.69 Å². The molecular weight excluding hydrogens is 270 g/mol. The van der Waals surface area contributed by atoms with Gasteiger partial charge in [-0.2, -0.15) is 0 Å². The van der Waals surface area contributed by atoms with Crippen LogP contribution in [-0.4, -0.2) is 43.7 Å². The molecule has 0 aromatic heterocycles. The van der Waals surface area contributed by atoms with Gasteiger partial charge in [0.25, 0.3) is 0 Å². The normalized spacial score (nSPS) is 23.7. The lowest BCUT2D eigenvalue weighted by Crippen LogP contribution is -2.36. The smallest absolute Gasteiger partial charge is 0.0459 e. The highest BCUT2D eigenvalue weighted by molar-refractivity contribution is 6.31. The van der Waals surface area contributed by atoms with Gasteiger partial charge in [0.2, 0.25) is 0 Å². The lowest BCUT2D eigenvalue weighted by atomic mass is 10.1. The Morgan fingerprint density at radius 1 is 1.20 bits per heavy atom. The van der Waals surface area contributed by atoms with Crippen molar-refractivity contribution in [1.82, 2.24) is 4.90 Å². The highest BCUT2D eigenvalue weighted by Crippen LogP contribution is 2.28. The molecule has 0 spiro atoms. The molecule has 2 saturated heterocycles. The zero-order valence-corrected chi connectivity index (χ0v) is 12.8. The second-order valence-electron chi connectivity index (χ2n) is 5.95. The Hall–Kier alpha value is -0.770. The number of halogens is 1. The Kier molecular flexibility index (Phi) is 4.49. The van der Waals surface area contributed by atoms with E-state index in [0.717, 1.165) is 36.1 Å². The molecule has 0 amide bonds. The van der Waals surface area contributed by atoms with Gasteiger partial charge in [0.1, 0.15) is 0 Å². The van der Waals surface area contributed by atoms with Crippen molar-refractivity contribution >= 4 is 17.3 Å². The Balaban J connectivity index is 1.76. The fourth-order valence-electron chi connectivity index (χ4n) is 3.53. The number of rotatable bonds is 3. The van der Waals surface area contributed by atoms with Crippen LogP contribution in [0.1, 0.15) is 24.8 Å². The van der Waals surface area contributed by atoms with Crippen molar-refractivity contribution in [3.63, 3.8) is 0 Å². The van der Waals surface area contributed by atoms with Gasteiger partial charge in [-0.25, -0.2) is 0 Å². The summed E-state index contributed by atoms with van der Waals surface area (Å²) in [6.45, 7) is 5.47. The number of hydrogen-bond donors (Lipinski definition) is 1. The maximum absolute atomic E-state index is 6.39. The summed E-state index contributed by atoms with van der Waals surface area (Å²) in [4.78, 5) is 5.17. The standard InChI is InChI=1S/C16H24ClN3/c17-16-11-14(5-4-13(16)6-7-18)20-10-2-9-19-8-1-3-15(19)12-20/h4-5,11,15H,1-3,6-10,12,18H2. The first-order chi connectivity index (χ1) is 9.78. The molecule has 2 aliphatic heterocycles. The van der Waals surface area contributed by atoms with Crippen LogP contribution in [0.15, 0.2) is 18.2 Å². The first-order valence-electron chi connectivity index (χ1n) is 7.75. The molecule has 1 aromatic rings. The first-order valence-corrected chi connectivity index (χ1v) is 8.13. The SMILES string of the molecule is NCCc1ccc(N2CCCN3CCCC3C2)cc1Cl. The highest BCUT2D eigenvalue weighted by atomic mass is 35.5. The molecule has 0 aliphatic carbocycles. The fraction of sp³-hybridized carbons (Fsp3) is 0.625. The summed E-state index contributed by atoms with van der Waals surface area (Å²) in [5, 5.41) is 0.862. The maximum Gasteiger partial charge on any atom is 0.0459 e. The van der Waals surface area contributed by atoms with Gasteiger partial charge in [-0.15, -0.1) is 0 Å². The third-order valence-corrected chi connectivity index (χ3v) is 4.97. The van der Waals surface area contributed by atoms with Crippen molar-refractivity contribution in [3.8, 4) is 0 Å². The van der Waals surface area contributed by atoms with E-state index < -0.39 is 0 Å². The van der Waals surface area contributed by atoms with Crippen LogP contribution in [0.3, 0.4) is 0 Å². The number of fused-ring (bicyclic) bond motifs is 1. The van der Waals surface area contributed by atoms with E-state index in [0.29, 0.717) is 6.54 Å². The van der Waals surface area contributed by atoms with Crippen LogP contribution in [0.2, 0.25) is 5.02 Å². The molecular formula is C16H24ClN3. The van der Waals surface area contributed by atoms with Crippen molar-refractivity contribution in [2.24, 2.45) is 5.73 Å². The van der Waals surface area contributed by atoms with E-state index in [4.69, 9.17) is 17.3 Å². The van der Waals surface area contributed by atoms with E-state index in [-0.39, 0.29) is 0 Å². The van der Waals surface area contributed by atoms with E-state index in [1.165, 1.54) is 38.0 Å². The predicted octanol–water partition coefficient (Wildman–Crippen LogP) is 2.52. The number of nitrogens with two attached hydrogens (primary N) is 1. The summed E-state index contributed by atoms with van der Waals surface area (Å²) in [6.07, 6.45) is 4.80. The van der Waals surface area contributed by atoms with E-state index in [9.17, 15) is 0 Å². The summed E-state index contributed by atoms with van der Waals surface area (Å²) < 4.78 is 0. The van der Waals surface area contributed by atoms with E-state index in [1.54, 1.807) is 0 Å². The predicted molar refractivity (Wildman–Crippen MR) is 85.6 cm³/mol. The largest absolute Gasteiger partial charge is 0.370 e. The summed E-state index contributed by atoms with van der Waals surface area (Å²) in [7, 11) is 0.